The average Bonchev–Trinajstić information content (AvgIpc) is 2.90. The SMILES string of the molecule is Cc1ccc(-c2csc3nc(SCCF)[nH]c(=O)c23)cc1. The van der Waals surface area contributed by atoms with Gasteiger partial charge in [0.1, 0.15) is 4.83 Å². The Morgan fingerprint density at radius 2 is 2.10 bits per heavy atom. The predicted molar refractivity (Wildman–Crippen MR) is 87.1 cm³/mol. The second-order valence-electron chi connectivity index (χ2n) is 4.60. The third-order valence-corrected chi connectivity index (χ3v) is 4.80. The molecule has 1 N–H and O–H groups in total. The number of aromatic nitrogens is 2. The minimum Gasteiger partial charge on any atom is -0.301 e. The molecular formula is C15H13FN2OS2. The van der Waals surface area contributed by atoms with Crippen LogP contribution in [0.2, 0.25) is 0 Å². The monoisotopic (exact) mass is 320 g/mol. The first kappa shape index (κ1) is 14.3. The lowest BCUT2D eigenvalue weighted by atomic mass is 10.1. The Morgan fingerprint density at radius 3 is 2.81 bits per heavy atom. The van der Waals surface area contributed by atoms with E-state index in [1.54, 1.807) is 0 Å². The number of rotatable bonds is 4. The summed E-state index contributed by atoms with van der Waals surface area (Å²) in [5, 5.41) is 3.03. The molecule has 0 radical (unpaired) electrons. The van der Waals surface area contributed by atoms with Gasteiger partial charge in [0, 0.05) is 16.7 Å². The maximum Gasteiger partial charge on any atom is 0.260 e. The van der Waals surface area contributed by atoms with Crippen molar-refractivity contribution in [3.05, 3.63) is 45.6 Å². The van der Waals surface area contributed by atoms with Gasteiger partial charge >= 0.3 is 0 Å². The van der Waals surface area contributed by atoms with Gasteiger partial charge < -0.3 is 4.98 Å². The smallest absolute Gasteiger partial charge is 0.260 e. The number of aromatic amines is 1. The zero-order valence-electron chi connectivity index (χ0n) is 11.4. The fourth-order valence-electron chi connectivity index (χ4n) is 2.08. The van der Waals surface area contributed by atoms with E-state index in [9.17, 15) is 9.18 Å². The molecular weight excluding hydrogens is 307 g/mol. The van der Waals surface area contributed by atoms with Crippen LogP contribution < -0.4 is 5.56 Å². The van der Waals surface area contributed by atoms with Gasteiger partial charge in [-0.25, -0.2) is 4.98 Å². The van der Waals surface area contributed by atoms with Gasteiger partial charge in [-0.3, -0.25) is 9.18 Å². The van der Waals surface area contributed by atoms with Gasteiger partial charge in [-0.05, 0) is 12.5 Å². The topological polar surface area (TPSA) is 45.8 Å². The molecule has 0 saturated heterocycles. The first-order chi connectivity index (χ1) is 10.2. The molecule has 0 spiro atoms. The Bertz CT molecular complexity index is 824. The van der Waals surface area contributed by atoms with Crippen molar-refractivity contribution in [3.8, 4) is 11.1 Å². The number of benzene rings is 1. The number of halogens is 1. The van der Waals surface area contributed by atoms with Gasteiger partial charge in [-0.2, -0.15) is 0 Å². The molecule has 3 nitrogen and oxygen atoms in total. The summed E-state index contributed by atoms with van der Waals surface area (Å²) < 4.78 is 12.2. The number of H-pyrrole nitrogens is 1. The molecule has 1 aromatic carbocycles. The Hall–Kier alpha value is -1.66. The van der Waals surface area contributed by atoms with Crippen LogP contribution in [0.25, 0.3) is 21.3 Å². The molecule has 3 rings (SSSR count). The summed E-state index contributed by atoms with van der Waals surface area (Å²) in [5.74, 6) is 0.296. The highest BCUT2D eigenvalue weighted by Crippen LogP contribution is 2.31. The van der Waals surface area contributed by atoms with Crippen LogP contribution in [0.3, 0.4) is 0 Å². The van der Waals surface area contributed by atoms with Gasteiger partial charge in [0.2, 0.25) is 0 Å². The van der Waals surface area contributed by atoms with Crippen LogP contribution in [0.15, 0.2) is 39.6 Å². The highest BCUT2D eigenvalue weighted by atomic mass is 32.2. The first-order valence-electron chi connectivity index (χ1n) is 6.46. The van der Waals surface area contributed by atoms with Crippen LogP contribution >= 0.6 is 23.1 Å². The molecule has 21 heavy (non-hydrogen) atoms. The van der Waals surface area contributed by atoms with Crippen LogP contribution in [0, 0.1) is 6.92 Å². The second kappa shape index (κ2) is 5.99. The van der Waals surface area contributed by atoms with E-state index in [4.69, 9.17) is 0 Å². The zero-order chi connectivity index (χ0) is 14.8. The molecule has 0 saturated carbocycles. The summed E-state index contributed by atoms with van der Waals surface area (Å²) in [7, 11) is 0. The van der Waals surface area contributed by atoms with Crippen LogP contribution in [0.1, 0.15) is 5.56 Å². The Morgan fingerprint density at radius 1 is 1.33 bits per heavy atom. The molecule has 0 bridgehead atoms. The number of fused-ring (bicyclic) bond motifs is 1. The summed E-state index contributed by atoms with van der Waals surface area (Å²) in [6, 6.07) is 8.04. The first-order valence-corrected chi connectivity index (χ1v) is 8.33. The van der Waals surface area contributed by atoms with Gasteiger partial charge in [-0.15, -0.1) is 11.3 Å². The normalized spacial score (nSPS) is 11.1. The maximum atomic E-state index is 12.3. The van der Waals surface area contributed by atoms with Gasteiger partial charge in [0.05, 0.1) is 12.1 Å². The number of nitrogens with one attached hydrogen (secondary N) is 1. The summed E-state index contributed by atoms with van der Waals surface area (Å²) in [6.45, 7) is 1.59. The van der Waals surface area contributed by atoms with Crippen LogP contribution in [0.5, 0.6) is 0 Å². The second-order valence-corrected chi connectivity index (χ2v) is 6.55. The van der Waals surface area contributed by atoms with E-state index < -0.39 is 6.67 Å². The van der Waals surface area contributed by atoms with Crippen molar-refractivity contribution in [3.63, 3.8) is 0 Å². The average molecular weight is 320 g/mol. The molecule has 0 fully saturated rings. The molecule has 6 heteroatoms. The number of hydrogen-bond acceptors (Lipinski definition) is 4. The molecule has 0 aliphatic heterocycles. The van der Waals surface area contributed by atoms with Crippen LogP contribution in [0.4, 0.5) is 4.39 Å². The van der Waals surface area contributed by atoms with Crippen LogP contribution in [-0.4, -0.2) is 22.4 Å². The summed E-state index contributed by atoms with van der Waals surface area (Å²) in [5.41, 5.74) is 2.91. The minimum absolute atomic E-state index is 0.168. The lowest BCUT2D eigenvalue weighted by Crippen LogP contribution is -2.08. The van der Waals surface area contributed by atoms with Crippen LogP contribution in [-0.2, 0) is 0 Å². The third kappa shape index (κ3) is 2.87. The van der Waals surface area contributed by atoms with Gasteiger partial charge in [-0.1, -0.05) is 41.6 Å². The zero-order valence-corrected chi connectivity index (χ0v) is 13.0. The Kier molecular flexibility index (Phi) is 4.07. The number of thiophene rings is 1. The van der Waals surface area contributed by atoms with E-state index in [1.807, 2.05) is 36.6 Å². The number of thioether (sulfide) groups is 1. The van der Waals surface area contributed by atoms with Crippen molar-refractivity contribution in [1.29, 1.82) is 0 Å². The van der Waals surface area contributed by atoms with Gasteiger partial charge in [0.25, 0.3) is 5.56 Å². The molecule has 0 unspecified atom stereocenters. The molecule has 0 atom stereocenters. The van der Waals surface area contributed by atoms with E-state index in [2.05, 4.69) is 9.97 Å². The molecule has 3 aromatic rings. The maximum absolute atomic E-state index is 12.3. The van der Waals surface area contributed by atoms with Crippen molar-refractivity contribution in [2.45, 2.75) is 12.1 Å². The number of nitrogens with zero attached hydrogens (tertiary/aromatic N) is 1. The molecule has 0 aliphatic carbocycles. The Labute approximate surface area is 129 Å². The highest BCUT2D eigenvalue weighted by molar-refractivity contribution is 7.99. The lowest BCUT2D eigenvalue weighted by molar-refractivity contribution is 0.532. The Balaban J connectivity index is 2.10. The quantitative estimate of drug-likeness (QED) is 0.583. The predicted octanol–water partition coefficient (Wildman–Crippen LogP) is 4.02. The summed E-state index contributed by atoms with van der Waals surface area (Å²) >= 11 is 2.66. The largest absolute Gasteiger partial charge is 0.301 e. The fourth-order valence-corrected chi connectivity index (χ4v) is 3.68. The van der Waals surface area contributed by atoms with Crippen molar-refractivity contribution in [2.24, 2.45) is 0 Å². The third-order valence-electron chi connectivity index (χ3n) is 3.10. The van der Waals surface area contributed by atoms with Crippen molar-refractivity contribution < 1.29 is 4.39 Å². The number of hydrogen-bond donors (Lipinski definition) is 1. The molecule has 108 valence electrons. The van der Waals surface area contributed by atoms with E-state index in [-0.39, 0.29) is 5.56 Å². The van der Waals surface area contributed by atoms with E-state index >= 15 is 0 Å². The van der Waals surface area contributed by atoms with Gasteiger partial charge in [0.15, 0.2) is 5.16 Å². The number of alkyl halides is 1. The minimum atomic E-state index is -0.439. The summed E-state index contributed by atoms with van der Waals surface area (Å²) in [6.07, 6.45) is 0. The lowest BCUT2D eigenvalue weighted by Gasteiger charge is -2.01. The van der Waals surface area contributed by atoms with Crippen molar-refractivity contribution in [1.82, 2.24) is 9.97 Å². The van der Waals surface area contributed by atoms with E-state index in [0.717, 1.165) is 11.1 Å². The van der Waals surface area contributed by atoms with E-state index in [0.29, 0.717) is 21.1 Å². The fraction of sp³-hybridized carbons (Fsp3) is 0.200. The standard InChI is InChI=1S/C15H13FN2OS2/c1-9-2-4-10(5-3-9)11-8-21-14-12(11)13(19)17-15(18-14)20-7-6-16/h2-5,8H,6-7H2,1H3,(H,17,18,19). The number of aryl methyl sites for hydroxylation is 1. The highest BCUT2D eigenvalue weighted by Gasteiger charge is 2.13. The van der Waals surface area contributed by atoms with Crippen molar-refractivity contribution >= 4 is 33.3 Å². The summed E-state index contributed by atoms with van der Waals surface area (Å²) in [4.78, 5) is 20.1. The van der Waals surface area contributed by atoms with E-state index in [1.165, 1.54) is 28.7 Å². The molecule has 2 heterocycles. The molecule has 2 aromatic heterocycles. The molecule has 0 aliphatic rings. The van der Waals surface area contributed by atoms with Crippen molar-refractivity contribution in [2.75, 3.05) is 12.4 Å². The molecule has 0 amide bonds.